The lowest BCUT2D eigenvalue weighted by Crippen LogP contribution is -2.17. The summed E-state index contributed by atoms with van der Waals surface area (Å²) < 4.78 is 36.0. The van der Waals surface area contributed by atoms with Gasteiger partial charge in [0, 0.05) is 32.0 Å². The van der Waals surface area contributed by atoms with E-state index < -0.39 is 0 Å². The first-order valence-corrected chi connectivity index (χ1v) is 26.7. The molecule has 440 valence electrons. The molecule has 4 N–H and O–H groups in total. The summed E-state index contributed by atoms with van der Waals surface area (Å²) in [5.41, 5.74) is 0. The van der Waals surface area contributed by atoms with Crippen LogP contribution in [0.15, 0.2) is 69.0 Å². The second kappa shape index (κ2) is 87.6. The number of carbonyl (C=O) groups excluding carboxylic acids is 1. The van der Waals surface area contributed by atoms with Gasteiger partial charge in [-0.15, -0.1) is 0 Å². The highest BCUT2D eigenvalue weighted by Crippen LogP contribution is 2.02. The van der Waals surface area contributed by atoms with Crippen LogP contribution in [0.25, 0.3) is 0 Å². The van der Waals surface area contributed by atoms with Crippen LogP contribution in [0.1, 0.15) is 213 Å². The third-order valence-electron chi connectivity index (χ3n) is 6.49. The Labute approximate surface area is 449 Å². The molecule has 72 heavy (non-hydrogen) atoms. The molecule has 0 spiro atoms. The molecule has 0 aliphatic carbocycles. The lowest BCUT2D eigenvalue weighted by Gasteiger charge is -2.15. The van der Waals surface area contributed by atoms with E-state index in [1.54, 1.807) is 79.1 Å². The van der Waals surface area contributed by atoms with Gasteiger partial charge in [0.15, 0.2) is 0 Å². The van der Waals surface area contributed by atoms with Crippen LogP contribution in [0.2, 0.25) is 0 Å². The molecule has 0 aromatic heterocycles. The second-order valence-electron chi connectivity index (χ2n) is 19.1. The largest absolute Gasteiger partial charge is 0.516 e. The lowest BCUT2D eigenvalue weighted by molar-refractivity contribution is -0.00144. The number of hydrogen-bond acceptors (Lipinski definition) is 12. The summed E-state index contributed by atoms with van der Waals surface area (Å²) in [6.45, 7) is 65.6. The predicted molar refractivity (Wildman–Crippen MR) is 315 cm³/mol. The maximum Gasteiger partial charge on any atom is 0.125 e. The molecular formula is C60H128O12. The van der Waals surface area contributed by atoms with Crippen LogP contribution in [-0.2, 0) is 38.0 Å². The quantitative estimate of drug-likeness (QED) is 0.0636. The summed E-state index contributed by atoms with van der Waals surface area (Å²) in [6.07, 6.45) is 18.4. The van der Waals surface area contributed by atoms with Crippen molar-refractivity contribution in [1.82, 2.24) is 0 Å². The number of aliphatic hydroxyl groups excluding tert-OH is 4. The number of allylic oxidation sites excluding steroid dienone is 3. The van der Waals surface area contributed by atoms with E-state index in [4.69, 9.17) is 53.6 Å². The Morgan fingerprint density at radius 1 is 0.472 bits per heavy atom. The number of aliphatic hydroxyl groups is 4. The minimum atomic E-state index is -0.167. The van der Waals surface area contributed by atoms with E-state index in [0.717, 1.165) is 70.6 Å². The van der Waals surface area contributed by atoms with Crippen molar-refractivity contribution in [2.45, 2.75) is 255 Å². The van der Waals surface area contributed by atoms with Gasteiger partial charge in [0.25, 0.3) is 0 Å². The van der Waals surface area contributed by atoms with Gasteiger partial charge in [-0.1, -0.05) is 129 Å². The Balaban J connectivity index is -0.0000000641. The van der Waals surface area contributed by atoms with E-state index in [0.29, 0.717) is 54.7 Å². The van der Waals surface area contributed by atoms with E-state index in [2.05, 4.69) is 149 Å². The Bertz CT molecular complexity index is 947. The monoisotopic (exact) mass is 1040 g/mol. The summed E-state index contributed by atoms with van der Waals surface area (Å²) >= 11 is 0. The van der Waals surface area contributed by atoms with E-state index in [-0.39, 0.29) is 18.3 Å². The van der Waals surface area contributed by atoms with Gasteiger partial charge in [0.2, 0.25) is 0 Å². The molecule has 0 aromatic carbocycles. The zero-order chi connectivity index (χ0) is 59.3. The standard InChI is InChI=1S/C9H18O2.3C8H18O.C6H12O.C4H10.2C3H8O.2C3H6O.C3H4O.C2H2O/c1-5-8(3)11-7-9(4)10-6-2;3*1-5-8(4)9-6-7(2)3;1-4-7-5-6(2)3;1-4(2)3;2*1-3(2)4;3*1-2-3-4;1-2-3-1/h6,8-9H,2,5,7H2,1,3-4H3;3*7-8H,5-6H2,1-4H3;4,6H,1,5H2,2-3H3;4H,1-3H3;2*3-4H,1-2H3;2*2-4H,1H3;2H,1H3;1-2H/b;;;;;;;;2*3-2-;;. The second-order valence-corrected chi connectivity index (χ2v) is 19.1. The Morgan fingerprint density at radius 2 is 0.681 bits per heavy atom. The van der Waals surface area contributed by atoms with Crippen molar-refractivity contribution in [3.05, 3.63) is 69.0 Å². The van der Waals surface area contributed by atoms with Gasteiger partial charge in [0.05, 0.1) is 62.7 Å². The first-order valence-electron chi connectivity index (χ1n) is 26.7. The molecule has 0 bridgehead atoms. The molecule has 1 heterocycles. The number of ether oxygens (including phenoxy) is 7. The minimum absolute atomic E-state index is 0.112. The molecule has 5 atom stereocenters. The molecule has 1 rings (SSSR count). The summed E-state index contributed by atoms with van der Waals surface area (Å²) in [5, 5.41) is 31.5. The van der Waals surface area contributed by atoms with Crippen molar-refractivity contribution in [2.75, 3.05) is 33.0 Å². The van der Waals surface area contributed by atoms with Crippen LogP contribution in [0.5, 0.6) is 0 Å². The highest BCUT2D eigenvalue weighted by atomic mass is 16.5. The van der Waals surface area contributed by atoms with Crippen molar-refractivity contribution < 1.29 is 58.4 Å². The number of rotatable bonds is 21. The zero-order valence-electron chi connectivity index (χ0n) is 52.5. The first-order chi connectivity index (χ1) is 33.4. The summed E-state index contributed by atoms with van der Waals surface area (Å²) in [5.74, 6) is 5.00. The SMILES string of the molecule is C/C=C\O.C/C=C\O.C1=CO1.C=COC(C)COC(C)CC.C=COCC(C)C.CC(C)C.CC(C)O.CC(C)O.CC=C=O.CCC(C)OCC(C)C.CCC(C)OCC(C)C.CCC(C)OCC(C)C. The third kappa shape index (κ3) is 225. The van der Waals surface area contributed by atoms with Crippen LogP contribution in [0.3, 0.4) is 0 Å². The van der Waals surface area contributed by atoms with E-state index in [9.17, 15) is 0 Å². The average Bonchev–Trinajstić information content (AvgIpc) is 4.21. The molecule has 0 saturated heterocycles. The predicted octanol–water partition coefficient (Wildman–Crippen LogP) is 17.0. The van der Waals surface area contributed by atoms with Gasteiger partial charge < -0.3 is 53.6 Å². The lowest BCUT2D eigenvalue weighted by atomic mass is 10.2. The maximum atomic E-state index is 8.99. The summed E-state index contributed by atoms with van der Waals surface area (Å²) in [6, 6.07) is 0. The molecule has 5 unspecified atom stereocenters. The van der Waals surface area contributed by atoms with Crippen molar-refractivity contribution in [2.24, 2.45) is 29.6 Å². The molecule has 0 radical (unpaired) electrons. The van der Waals surface area contributed by atoms with Crippen molar-refractivity contribution in [3.63, 3.8) is 0 Å². The third-order valence-corrected chi connectivity index (χ3v) is 6.49. The molecular weight excluding hydrogens is 913 g/mol. The van der Waals surface area contributed by atoms with Crippen molar-refractivity contribution in [1.29, 1.82) is 0 Å². The molecule has 1 aliphatic rings. The Morgan fingerprint density at radius 3 is 0.792 bits per heavy atom. The highest BCUT2D eigenvalue weighted by Gasteiger charge is 2.04. The maximum absolute atomic E-state index is 8.99. The number of hydrogen-bond donors (Lipinski definition) is 4. The van der Waals surface area contributed by atoms with Crippen LogP contribution in [-0.4, -0.2) is 102 Å². The molecule has 0 fully saturated rings. The van der Waals surface area contributed by atoms with Crippen molar-refractivity contribution >= 4 is 5.94 Å². The molecule has 0 aromatic rings. The van der Waals surface area contributed by atoms with Gasteiger partial charge in [-0.3, -0.25) is 0 Å². The van der Waals surface area contributed by atoms with E-state index in [1.165, 1.54) is 18.6 Å². The van der Waals surface area contributed by atoms with Crippen LogP contribution < -0.4 is 0 Å². The van der Waals surface area contributed by atoms with Gasteiger partial charge in [0.1, 0.15) is 24.6 Å². The molecule has 1 aliphatic heterocycles. The van der Waals surface area contributed by atoms with Crippen LogP contribution in [0, 0.1) is 29.6 Å². The molecule has 12 heteroatoms. The smallest absolute Gasteiger partial charge is 0.125 e. The average molecular weight is 1040 g/mol. The fraction of sp³-hybridized carbons (Fsp3) is 0.800. The van der Waals surface area contributed by atoms with Gasteiger partial charge in [-0.2, -0.15) is 0 Å². The Hall–Kier alpha value is -3.09. The molecule has 0 saturated carbocycles. The van der Waals surface area contributed by atoms with E-state index in [1.807, 2.05) is 6.92 Å². The fourth-order valence-electron chi connectivity index (χ4n) is 2.31. The van der Waals surface area contributed by atoms with E-state index >= 15 is 0 Å². The zero-order valence-corrected chi connectivity index (χ0v) is 52.5. The normalized spacial score (nSPS) is 12.1. The van der Waals surface area contributed by atoms with Crippen LogP contribution >= 0.6 is 0 Å². The van der Waals surface area contributed by atoms with Gasteiger partial charge >= 0.3 is 0 Å². The first kappa shape index (κ1) is 94.8. The Kier molecular flexibility index (Phi) is 115. The van der Waals surface area contributed by atoms with Gasteiger partial charge in [-0.05, 0) is 144 Å². The topological polar surface area (TPSA) is 166 Å². The van der Waals surface area contributed by atoms with Crippen LogP contribution in [0.4, 0.5) is 0 Å². The van der Waals surface area contributed by atoms with Crippen molar-refractivity contribution in [3.8, 4) is 0 Å². The minimum Gasteiger partial charge on any atom is -0.516 e. The molecule has 12 nitrogen and oxygen atoms in total. The summed E-state index contributed by atoms with van der Waals surface area (Å²) in [7, 11) is 0. The summed E-state index contributed by atoms with van der Waals surface area (Å²) in [4.78, 5) is 8.99. The fourth-order valence-corrected chi connectivity index (χ4v) is 2.31. The highest BCUT2D eigenvalue weighted by molar-refractivity contribution is 5.43. The molecule has 0 amide bonds. The van der Waals surface area contributed by atoms with Gasteiger partial charge in [-0.25, -0.2) is 4.79 Å².